The molecule has 1 N–H and O–H groups in total. The normalized spacial score (nSPS) is 11.1. The van der Waals surface area contributed by atoms with Crippen molar-refractivity contribution >= 4 is 46.4 Å². The molecule has 6 heteroatoms. The summed E-state index contributed by atoms with van der Waals surface area (Å²) in [5, 5.41) is 5.31. The number of rotatable bonds is 5. The second-order valence-corrected chi connectivity index (χ2v) is 6.87. The fourth-order valence-electron chi connectivity index (χ4n) is 2.23. The predicted octanol–water partition coefficient (Wildman–Crippen LogP) is 4.44. The van der Waals surface area contributed by atoms with Gasteiger partial charge in [-0.25, -0.2) is 10.4 Å². The van der Waals surface area contributed by atoms with E-state index in [1.807, 2.05) is 61.5 Å². The molecule has 0 aliphatic heterocycles. The molecule has 1 heterocycles. The fraction of sp³-hybridized carbons (Fsp3) is 0.105. The Bertz CT molecular complexity index is 929. The number of aromatic nitrogens is 1. The minimum atomic E-state index is -0.175. The number of benzene rings is 2. The van der Waals surface area contributed by atoms with Gasteiger partial charge in [-0.3, -0.25) is 4.79 Å². The lowest BCUT2D eigenvalue weighted by Gasteiger charge is -2.03. The van der Waals surface area contributed by atoms with E-state index in [-0.39, 0.29) is 5.91 Å². The number of carbonyl (C=O) groups excluding carboxylic acids is 1. The largest absolute Gasteiger partial charge is 0.272 e. The first-order valence-electron chi connectivity index (χ1n) is 7.68. The highest BCUT2D eigenvalue weighted by molar-refractivity contribution is 8.00. The van der Waals surface area contributed by atoms with Gasteiger partial charge in [-0.1, -0.05) is 41.9 Å². The molecule has 0 bridgehead atoms. The molecule has 0 radical (unpaired) electrons. The Morgan fingerprint density at radius 3 is 2.84 bits per heavy atom. The molecular formula is C19H16ClN3OS. The highest BCUT2D eigenvalue weighted by atomic mass is 35.5. The zero-order chi connectivity index (χ0) is 17.6. The molecule has 1 amide bonds. The average Bonchev–Trinajstić information content (AvgIpc) is 2.61. The third-order valence-corrected chi connectivity index (χ3v) is 4.77. The van der Waals surface area contributed by atoms with E-state index in [0.29, 0.717) is 16.5 Å². The second kappa shape index (κ2) is 8.14. The molecule has 4 nitrogen and oxygen atoms in total. The van der Waals surface area contributed by atoms with Crippen molar-refractivity contribution in [2.24, 2.45) is 5.10 Å². The van der Waals surface area contributed by atoms with E-state index in [0.717, 1.165) is 21.4 Å². The maximum Gasteiger partial charge on any atom is 0.250 e. The van der Waals surface area contributed by atoms with Crippen LogP contribution in [0.15, 0.2) is 64.6 Å². The number of carbonyl (C=O) groups is 1. The summed E-state index contributed by atoms with van der Waals surface area (Å²) in [6.07, 6.45) is 1.51. The molecule has 0 saturated heterocycles. The number of nitrogens with zero attached hydrogens (tertiary/aromatic N) is 2. The first-order chi connectivity index (χ1) is 12.1. The standard InChI is InChI=1S/C19H16ClN3OS/c1-13-7-8-14-10-15(19(20)22-17(14)9-13)11-21-23-18(24)12-25-16-5-3-2-4-6-16/h2-11H,12H2,1H3,(H,23,24)/b21-11-. The van der Waals surface area contributed by atoms with Gasteiger partial charge in [0.2, 0.25) is 5.91 Å². The first kappa shape index (κ1) is 17.5. The molecule has 126 valence electrons. The van der Waals surface area contributed by atoms with E-state index in [4.69, 9.17) is 11.6 Å². The smallest absolute Gasteiger partial charge is 0.250 e. The fourth-order valence-corrected chi connectivity index (χ4v) is 3.14. The third kappa shape index (κ3) is 4.81. The van der Waals surface area contributed by atoms with Crippen LogP contribution in [-0.4, -0.2) is 22.9 Å². The van der Waals surface area contributed by atoms with Crippen molar-refractivity contribution in [2.75, 3.05) is 5.75 Å². The number of pyridine rings is 1. The molecule has 0 spiro atoms. The van der Waals surface area contributed by atoms with E-state index >= 15 is 0 Å². The number of hydrazone groups is 1. The van der Waals surface area contributed by atoms with Crippen LogP contribution in [-0.2, 0) is 4.79 Å². The van der Waals surface area contributed by atoms with Crippen LogP contribution in [0.3, 0.4) is 0 Å². The van der Waals surface area contributed by atoms with Gasteiger partial charge in [-0.15, -0.1) is 11.8 Å². The maximum absolute atomic E-state index is 11.8. The van der Waals surface area contributed by atoms with Crippen LogP contribution >= 0.6 is 23.4 Å². The van der Waals surface area contributed by atoms with Gasteiger partial charge in [0, 0.05) is 15.8 Å². The van der Waals surface area contributed by atoms with E-state index in [1.54, 1.807) is 0 Å². The van der Waals surface area contributed by atoms with Crippen molar-refractivity contribution < 1.29 is 4.79 Å². The molecule has 2 aromatic carbocycles. The van der Waals surface area contributed by atoms with E-state index in [9.17, 15) is 4.79 Å². The third-order valence-electron chi connectivity index (χ3n) is 3.46. The van der Waals surface area contributed by atoms with Crippen LogP contribution in [0.1, 0.15) is 11.1 Å². The molecule has 0 aliphatic carbocycles. The van der Waals surface area contributed by atoms with E-state index in [2.05, 4.69) is 15.5 Å². The highest BCUT2D eigenvalue weighted by Gasteiger charge is 2.04. The number of aryl methyl sites for hydroxylation is 1. The average molecular weight is 370 g/mol. The minimum Gasteiger partial charge on any atom is -0.272 e. The number of hydrogen-bond donors (Lipinski definition) is 1. The van der Waals surface area contributed by atoms with Crippen molar-refractivity contribution in [1.82, 2.24) is 10.4 Å². The summed E-state index contributed by atoms with van der Waals surface area (Å²) in [5.41, 5.74) is 5.13. The topological polar surface area (TPSA) is 54.4 Å². The van der Waals surface area contributed by atoms with Crippen LogP contribution in [0.5, 0.6) is 0 Å². The molecule has 0 fully saturated rings. The summed E-state index contributed by atoms with van der Waals surface area (Å²) in [4.78, 5) is 17.3. The number of thioether (sulfide) groups is 1. The molecule has 0 aliphatic rings. The molecule has 3 aromatic rings. The highest BCUT2D eigenvalue weighted by Crippen LogP contribution is 2.20. The van der Waals surface area contributed by atoms with Crippen molar-refractivity contribution in [1.29, 1.82) is 0 Å². The molecule has 0 unspecified atom stereocenters. The SMILES string of the molecule is Cc1ccc2cc(/C=N\NC(=O)CSc3ccccc3)c(Cl)nc2c1. The number of halogens is 1. The summed E-state index contributed by atoms with van der Waals surface area (Å²) >= 11 is 7.65. The van der Waals surface area contributed by atoms with Crippen LogP contribution in [0.2, 0.25) is 5.15 Å². The summed E-state index contributed by atoms with van der Waals surface area (Å²) in [5.74, 6) is 0.121. The number of hydrogen-bond acceptors (Lipinski definition) is 4. The predicted molar refractivity (Wildman–Crippen MR) is 104 cm³/mol. The Kier molecular flexibility index (Phi) is 5.68. The Morgan fingerprint density at radius 2 is 2.04 bits per heavy atom. The van der Waals surface area contributed by atoms with Gasteiger partial charge in [-0.05, 0) is 36.8 Å². The summed E-state index contributed by atoms with van der Waals surface area (Å²) in [6, 6.07) is 17.6. The van der Waals surface area contributed by atoms with Crippen LogP contribution < -0.4 is 5.43 Å². The summed E-state index contributed by atoms with van der Waals surface area (Å²) in [7, 11) is 0. The Hall–Kier alpha value is -2.37. The van der Waals surface area contributed by atoms with Crippen molar-refractivity contribution in [3.8, 4) is 0 Å². The Labute approximate surface area is 155 Å². The molecule has 1 aromatic heterocycles. The number of fused-ring (bicyclic) bond motifs is 1. The zero-order valence-corrected chi connectivity index (χ0v) is 15.1. The van der Waals surface area contributed by atoms with E-state index in [1.165, 1.54) is 18.0 Å². The van der Waals surface area contributed by atoms with Gasteiger partial charge in [0.1, 0.15) is 5.15 Å². The van der Waals surface area contributed by atoms with Crippen molar-refractivity contribution in [3.63, 3.8) is 0 Å². The van der Waals surface area contributed by atoms with Crippen molar-refractivity contribution in [3.05, 3.63) is 70.9 Å². The van der Waals surface area contributed by atoms with Gasteiger partial charge in [0.25, 0.3) is 0 Å². The Morgan fingerprint density at radius 1 is 1.24 bits per heavy atom. The number of nitrogens with one attached hydrogen (secondary N) is 1. The Balaban J connectivity index is 1.61. The molecule has 25 heavy (non-hydrogen) atoms. The lowest BCUT2D eigenvalue weighted by molar-refractivity contribution is -0.118. The second-order valence-electron chi connectivity index (χ2n) is 5.46. The molecule has 0 saturated carbocycles. The molecule has 0 atom stereocenters. The first-order valence-corrected chi connectivity index (χ1v) is 9.05. The lowest BCUT2D eigenvalue weighted by Crippen LogP contribution is -2.19. The maximum atomic E-state index is 11.8. The van der Waals surface area contributed by atoms with Crippen LogP contribution in [0.4, 0.5) is 0 Å². The van der Waals surface area contributed by atoms with Gasteiger partial charge >= 0.3 is 0 Å². The van der Waals surface area contributed by atoms with Gasteiger partial charge in [0.05, 0.1) is 17.5 Å². The van der Waals surface area contributed by atoms with Gasteiger partial charge in [-0.2, -0.15) is 5.10 Å². The van der Waals surface area contributed by atoms with Gasteiger partial charge in [0.15, 0.2) is 0 Å². The monoisotopic (exact) mass is 369 g/mol. The van der Waals surface area contributed by atoms with Crippen LogP contribution in [0.25, 0.3) is 10.9 Å². The molecular weight excluding hydrogens is 354 g/mol. The number of amides is 1. The van der Waals surface area contributed by atoms with Crippen molar-refractivity contribution in [2.45, 2.75) is 11.8 Å². The van der Waals surface area contributed by atoms with Crippen LogP contribution in [0, 0.1) is 6.92 Å². The molecule has 3 rings (SSSR count). The lowest BCUT2D eigenvalue weighted by atomic mass is 10.1. The quantitative estimate of drug-likeness (QED) is 0.313. The minimum absolute atomic E-state index is 0.175. The zero-order valence-electron chi connectivity index (χ0n) is 13.6. The summed E-state index contributed by atoms with van der Waals surface area (Å²) < 4.78 is 0. The van der Waals surface area contributed by atoms with E-state index < -0.39 is 0 Å². The summed E-state index contributed by atoms with van der Waals surface area (Å²) in [6.45, 7) is 2.01. The van der Waals surface area contributed by atoms with Gasteiger partial charge < -0.3 is 0 Å².